The Morgan fingerprint density at radius 2 is 2.31 bits per heavy atom. The second-order valence-electron chi connectivity index (χ2n) is 5.39. The molecule has 1 heterocycles. The lowest BCUT2D eigenvalue weighted by Crippen LogP contribution is -2.30. The predicted molar refractivity (Wildman–Crippen MR) is 65.2 cm³/mol. The Labute approximate surface area is 97.5 Å². The molecular weight excluding hydrogens is 196 g/mol. The number of rotatable bonds is 4. The number of aromatic nitrogens is 1. The SMILES string of the molecule is CC(CC1CC1)NC1CCc2cccnc21. The van der Waals surface area contributed by atoms with E-state index < -0.39 is 0 Å². The van der Waals surface area contributed by atoms with E-state index in [1.54, 1.807) is 0 Å². The lowest BCUT2D eigenvalue weighted by molar-refractivity contribution is 0.415. The molecule has 2 aliphatic carbocycles. The Hall–Kier alpha value is -0.890. The highest BCUT2D eigenvalue weighted by atomic mass is 15.0. The zero-order valence-corrected chi connectivity index (χ0v) is 9.95. The minimum absolute atomic E-state index is 0.505. The molecule has 1 aromatic rings. The first-order chi connectivity index (χ1) is 7.83. The van der Waals surface area contributed by atoms with Gasteiger partial charge in [0.1, 0.15) is 0 Å². The zero-order valence-electron chi connectivity index (χ0n) is 9.95. The van der Waals surface area contributed by atoms with E-state index in [4.69, 9.17) is 0 Å². The van der Waals surface area contributed by atoms with Gasteiger partial charge in [0.25, 0.3) is 0 Å². The van der Waals surface area contributed by atoms with Crippen molar-refractivity contribution in [3.63, 3.8) is 0 Å². The molecule has 0 amide bonds. The number of hydrogen-bond donors (Lipinski definition) is 1. The van der Waals surface area contributed by atoms with E-state index in [2.05, 4.69) is 29.4 Å². The second-order valence-corrected chi connectivity index (χ2v) is 5.39. The van der Waals surface area contributed by atoms with E-state index in [1.807, 2.05) is 6.20 Å². The molecule has 3 rings (SSSR count). The van der Waals surface area contributed by atoms with Crippen molar-refractivity contribution in [2.75, 3.05) is 0 Å². The quantitative estimate of drug-likeness (QED) is 0.837. The van der Waals surface area contributed by atoms with Crippen LogP contribution in [0.3, 0.4) is 0 Å². The monoisotopic (exact) mass is 216 g/mol. The third-order valence-corrected chi connectivity index (χ3v) is 3.83. The molecule has 0 aromatic carbocycles. The molecule has 0 aliphatic heterocycles. The maximum absolute atomic E-state index is 4.53. The van der Waals surface area contributed by atoms with Crippen LogP contribution >= 0.6 is 0 Å². The Morgan fingerprint density at radius 3 is 3.12 bits per heavy atom. The van der Waals surface area contributed by atoms with Crippen LogP contribution in [0.4, 0.5) is 0 Å². The zero-order chi connectivity index (χ0) is 11.0. The molecule has 2 heteroatoms. The molecule has 2 nitrogen and oxygen atoms in total. The van der Waals surface area contributed by atoms with E-state index in [1.165, 1.54) is 43.4 Å². The molecule has 2 unspecified atom stereocenters. The lowest BCUT2D eigenvalue weighted by atomic mass is 10.1. The average molecular weight is 216 g/mol. The molecule has 1 N–H and O–H groups in total. The van der Waals surface area contributed by atoms with Crippen LogP contribution in [0.25, 0.3) is 0 Å². The van der Waals surface area contributed by atoms with Gasteiger partial charge in [-0.25, -0.2) is 0 Å². The van der Waals surface area contributed by atoms with Crippen molar-refractivity contribution in [1.82, 2.24) is 10.3 Å². The van der Waals surface area contributed by atoms with Gasteiger partial charge in [0.2, 0.25) is 0 Å². The largest absolute Gasteiger partial charge is 0.306 e. The second kappa shape index (κ2) is 4.17. The van der Waals surface area contributed by atoms with Crippen LogP contribution in [0.2, 0.25) is 0 Å². The summed E-state index contributed by atoms with van der Waals surface area (Å²) in [5.74, 6) is 1.01. The van der Waals surface area contributed by atoms with E-state index in [9.17, 15) is 0 Å². The minimum Gasteiger partial charge on any atom is -0.306 e. The smallest absolute Gasteiger partial charge is 0.0605 e. The standard InChI is InChI=1S/C14H20N2/c1-10(9-11-4-5-11)16-13-7-6-12-3-2-8-15-14(12)13/h2-3,8,10-11,13,16H,4-7,9H2,1H3. The topological polar surface area (TPSA) is 24.9 Å². The van der Waals surface area contributed by atoms with Crippen molar-refractivity contribution in [2.45, 2.75) is 51.1 Å². The van der Waals surface area contributed by atoms with Gasteiger partial charge >= 0.3 is 0 Å². The van der Waals surface area contributed by atoms with Crippen LogP contribution in [0.5, 0.6) is 0 Å². The van der Waals surface area contributed by atoms with Crippen LogP contribution in [0, 0.1) is 5.92 Å². The van der Waals surface area contributed by atoms with E-state index in [-0.39, 0.29) is 0 Å². The van der Waals surface area contributed by atoms with E-state index in [0.717, 1.165) is 5.92 Å². The molecule has 2 atom stereocenters. The fraction of sp³-hybridized carbons (Fsp3) is 0.643. The van der Waals surface area contributed by atoms with Crippen molar-refractivity contribution in [3.8, 4) is 0 Å². The van der Waals surface area contributed by atoms with Gasteiger partial charge in [0.15, 0.2) is 0 Å². The average Bonchev–Trinajstić information content (AvgIpc) is 3.00. The van der Waals surface area contributed by atoms with Gasteiger partial charge in [0, 0.05) is 12.2 Å². The number of pyridine rings is 1. The molecule has 1 aromatic heterocycles. The highest BCUT2D eigenvalue weighted by molar-refractivity contribution is 5.27. The number of fused-ring (bicyclic) bond motifs is 1. The third-order valence-electron chi connectivity index (χ3n) is 3.83. The van der Waals surface area contributed by atoms with E-state index in [0.29, 0.717) is 12.1 Å². The molecule has 1 fully saturated rings. The molecule has 0 bridgehead atoms. The summed E-state index contributed by atoms with van der Waals surface area (Å²) < 4.78 is 0. The van der Waals surface area contributed by atoms with Gasteiger partial charge in [-0.05, 0) is 43.7 Å². The fourth-order valence-corrected chi connectivity index (χ4v) is 2.84. The summed E-state index contributed by atoms with van der Waals surface area (Å²) in [4.78, 5) is 4.53. The summed E-state index contributed by atoms with van der Waals surface area (Å²) >= 11 is 0. The number of hydrogen-bond acceptors (Lipinski definition) is 2. The molecule has 2 aliphatic rings. The van der Waals surface area contributed by atoms with Gasteiger partial charge in [-0.3, -0.25) is 4.98 Å². The van der Waals surface area contributed by atoms with Crippen LogP contribution in [0.1, 0.15) is 49.9 Å². The van der Waals surface area contributed by atoms with Gasteiger partial charge < -0.3 is 5.32 Å². The van der Waals surface area contributed by atoms with Crippen LogP contribution < -0.4 is 5.32 Å². The summed E-state index contributed by atoms with van der Waals surface area (Å²) in [6.45, 7) is 2.32. The first-order valence-electron chi connectivity index (χ1n) is 6.53. The predicted octanol–water partition coefficient (Wildman–Crippen LogP) is 2.85. The fourth-order valence-electron chi connectivity index (χ4n) is 2.84. The molecule has 86 valence electrons. The molecular formula is C14H20N2. The van der Waals surface area contributed by atoms with Crippen molar-refractivity contribution in [2.24, 2.45) is 5.92 Å². The first kappa shape index (κ1) is 10.3. The summed E-state index contributed by atoms with van der Waals surface area (Å²) in [5, 5.41) is 3.74. The highest BCUT2D eigenvalue weighted by Gasteiger charge is 2.28. The summed E-state index contributed by atoms with van der Waals surface area (Å²) in [6.07, 6.45) is 8.58. The molecule has 0 saturated heterocycles. The molecule has 16 heavy (non-hydrogen) atoms. The van der Waals surface area contributed by atoms with Crippen molar-refractivity contribution in [1.29, 1.82) is 0 Å². The van der Waals surface area contributed by atoms with Gasteiger partial charge in [-0.1, -0.05) is 18.9 Å². The Bertz CT molecular complexity index is 371. The summed E-state index contributed by atoms with van der Waals surface area (Å²) in [5.41, 5.74) is 2.74. The normalized spacial score (nSPS) is 25.4. The van der Waals surface area contributed by atoms with Gasteiger partial charge in [0.05, 0.1) is 11.7 Å². The molecule has 1 saturated carbocycles. The first-order valence-corrected chi connectivity index (χ1v) is 6.53. The van der Waals surface area contributed by atoms with Gasteiger partial charge in [-0.15, -0.1) is 0 Å². The lowest BCUT2D eigenvalue weighted by Gasteiger charge is -2.19. The molecule has 0 spiro atoms. The van der Waals surface area contributed by atoms with Gasteiger partial charge in [-0.2, -0.15) is 0 Å². The minimum atomic E-state index is 0.505. The Balaban J connectivity index is 1.63. The van der Waals surface area contributed by atoms with Crippen LogP contribution in [-0.2, 0) is 6.42 Å². The maximum Gasteiger partial charge on any atom is 0.0605 e. The number of aryl methyl sites for hydroxylation is 1. The third kappa shape index (κ3) is 2.12. The number of nitrogens with one attached hydrogen (secondary N) is 1. The van der Waals surface area contributed by atoms with Crippen LogP contribution in [-0.4, -0.2) is 11.0 Å². The molecule has 0 radical (unpaired) electrons. The summed E-state index contributed by atoms with van der Waals surface area (Å²) in [6, 6.07) is 5.42. The Morgan fingerprint density at radius 1 is 1.44 bits per heavy atom. The highest BCUT2D eigenvalue weighted by Crippen LogP contribution is 2.35. The summed E-state index contributed by atoms with van der Waals surface area (Å²) in [7, 11) is 0. The maximum atomic E-state index is 4.53. The van der Waals surface area contributed by atoms with Crippen molar-refractivity contribution in [3.05, 3.63) is 29.6 Å². The van der Waals surface area contributed by atoms with Crippen molar-refractivity contribution < 1.29 is 0 Å². The number of nitrogens with zero attached hydrogens (tertiary/aromatic N) is 1. The van der Waals surface area contributed by atoms with Crippen molar-refractivity contribution >= 4 is 0 Å². The Kier molecular flexibility index (Phi) is 2.68. The van der Waals surface area contributed by atoms with Crippen LogP contribution in [0.15, 0.2) is 18.3 Å². The van der Waals surface area contributed by atoms with E-state index >= 15 is 0 Å².